The lowest BCUT2D eigenvalue weighted by molar-refractivity contribution is 0.271. The van der Waals surface area contributed by atoms with Gasteiger partial charge in [0, 0.05) is 19.8 Å². The number of aromatic nitrogens is 3. The lowest BCUT2D eigenvalue weighted by atomic mass is 10.2. The fourth-order valence-electron chi connectivity index (χ4n) is 2.59. The first-order valence-corrected chi connectivity index (χ1v) is 9.10. The molecule has 1 aromatic carbocycles. The minimum atomic E-state index is 0.503. The van der Waals surface area contributed by atoms with Crippen LogP contribution in [-0.4, -0.2) is 34.2 Å². The minimum absolute atomic E-state index is 0.503. The van der Waals surface area contributed by atoms with Crippen molar-refractivity contribution in [1.82, 2.24) is 25.2 Å². The summed E-state index contributed by atoms with van der Waals surface area (Å²) in [6, 6.07) is 13.9. The molecule has 0 bridgehead atoms. The van der Waals surface area contributed by atoms with Crippen LogP contribution in [-0.2, 0) is 13.1 Å². The van der Waals surface area contributed by atoms with Gasteiger partial charge in [-0.25, -0.2) is 0 Å². The van der Waals surface area contributed by atoms with Crippen molar-refractivity contribution in [3.63, 3.8) is 0 Å². The van der Waals surface area contributed by atoms with E-state index < -0.39 is 0 Å². The standard InChI is InChI=1S/C20H26N6O/c1-15(2)14-27-17-8-6-7-16(11-17)12-22-20(21-3)23-13-19-25-24-18-9-4-5-10-26(18)19/h4-11,15H,12-14H2,1-3H3,(H2,21,22,23). The molecule has 2 heterocycles. The summed E-state index contributed by atoms with van der Waals surface area (Å²) in [7, 11) is 1.75. The normalized spacial score (nSPS) is 11.8. The van der Waals surface area contributed by atoms with Crippen molar-refractivity contribution in [2.75, 3.05) is 13.7 Å². The smallest absolute Gasteiger partial charge is 0.191 e. The summed E-state index contributed by atoms with van der Waals surface area (Å²) in [5.41, 5.74) is 1.96. The number of nitrogens with one attached hydrogen (secondary N) is 2. The number of pyridine rings is 1. The Morgan fingerprint density at radius 3 is 2.78 bits per heavy atom. The van der Waals surface area contributed by atoms with Gasteiger partial charge in [-0.2, -0.15) is 0 Å². The summed E-state index contributed by atoms with van der Waals surface area (Å²) >= 11 is 0. The molecule has 0 spiro atoms. The third-order valence-electron chi connectivity index (χ3n) is 3.96. The SMILES string of the molecule is CN=C(NCc1cccc(OCC(C)C)c1)NCc1nnc2ccccn12. The Balaban J connectivity index is 1.54. The highest BCUT2D eigenvalue weighted by molar-refractivity contribution is 5.79. The van der Waals surface area contributed by atoms with Crippen LogP contribution in [0, 0.1) is 5.92 Å². The number of fused-ring (bicyclic) bond motifs is 1. The number of nitrogens with zero attached hydrogens (tertiary/aromatic N) is 4. The molecule has 0 unspecified atom stereocenters. The third-order valence-corrected chi connectivity index (χ3v) is 3.96. The Bertz CT molecular complexity index is 902. The first-order chi connectivity index (χ1) is 13.2. The van der Waals surface area contributed by atoms with Gasteiger partial charge in [0.15, 0.2) is 17.4 Å². The summed E-state index contributed by atoms with van der Waals surface area (Å²) in [6.45, 7) is 6.17. The second-order valence-electron chi connectivity index (χ2n) is 6.68. The highest BCUT2D eigenvalue weighted by Crippen LogP contribution is 2.14. The predicted octanol–water partition coefficient (Wildman–Crippen LogP) is 2.63. The average Bonchev–Trinajstić information content (AvgIpc) is 3.10. The van der Waals surface area contributed by atoms with Gasteiger partial charge in [-0.1, -0.05) is 32.0 Å². The zero-order valence-corrected chi connectivity index (χ0v) is 16.0. The number of rotatable bonds is 7. The van der Waals surface area contributed by atoms with Crippen molar-refractivity contribution in [1.29, 1.82) is 0 Å². The topological polar surface area (TPSA) is 75.8 Å². The van der Waals surface area contributed by atoms with Crippen molar-refractivity contribution in [2.45, 2.75) is 26.9 Å². The Labute approximate surface area is 159 Å². The number of benzene rings is 1. The lowest BCUT2D eigenvalue weighted by Gasteiger charge is -2.13. The lowest BCUT2D eigenvalue weighted by Crippen LogP contribution is -2.36. The summed E-state index contributed by atoms with van der Waals surface area (Å²) in [4.78, 5) is 4.27. The maximum Gasteiger partial charge on any atom is 0.191 e. The quantitative estimate of drug-likeness (QED) is 0.497. The molecule has 3 aromatic rings. The second-order valence-corrected chi connectivity index (χ2v) is 6.68. The largest absolute Gasteiger partial charge is 0.493 e. The summed E-state index contributed by atoms with van der Waals surface area (Å²) in [5, 5.41) is 15.0. The van der Waals surface area contributed by atoms with Crippen LogP contribution in [0.5, 0.6) is 5.75 Å². The van der Waals surface area contributed by atoms with E-state index >= 15 is 0 Å². The molecule has 0 radical (unpaired) electrons. The van der Waals surface area contributed by atoms with Gasteiger partial charge < -0.3 is 15.4 Å². The summed E-state index contributed by atoms with van der Waals surface area (Å²) in [6.07, 6.45) is 1.95. The Morgan fingerprint density at radius 2 is 1.96 bits per heavy atom. The van der Waals surface area contributed by atoms with Crippen LogP contribution in [0.3, 0.4) is 0 Å². The Morgan fingerprint density at radius 1 is 1.11 bits per heavy atom. The summed E-state index contributed by atoms with van der Waals surface area (Å²) in [5.74, 6) is 2.93. The van der Waals surface area contributed by atoms with Crippen LogP contribution < -0.4 is 15.4 Å². The fourth-order valence-corrected chi connectivity index (χ4v) is 2.59. The van der Waals surface area contributed by atoms with Gasteiger partial charge in [0.05, 0.1) is 13.2 Å². The van der Waals surface area contributed by atoms with E-state index in [1.807, 2.05) is 40.9 Å². The van der Waals surface area contributed by atoms with Crippen molar-refractivity contribution in [2.24, 2.45) is 10.9 Å². The van der Waals surface area contributed by atoms with Crippen molar-refractivity contribution < 1.29 is 4.74 Å². The molecule has 7 heteroatoms. The van der Waals surface area contributed by atoms with Crippen molar-refractivity contribution in [3.8, 4) is 5.75 Å². The zero-order valence-electron chi connectivity index (χ0n) is 16.0. The number of hydrogen-bond donors (Lipinski definition) is 2. The minimum Gasteiger partial charge on any atom is -0.493 e. The maximum atomic E-state index is 5.79. The molecule has 0 atom stereocenters. The monoisotopic (exact) mass is 366 g/mol. The van der Waals surface area contributed by atoms with E-state index in [1.54, 1.807) is 7.05 Å². The van der Waals surface area contributed by atoms with E-state index in [-0.39, 0.29) is 0 Å². The molecule has 0 aliphatic carbocycles. The van der Waals surface area contributed by atoms with E-state index in [4.69, 9.17) is 4.74 Å². The number of guanidine groups is 1. The van der Waals surface area contributed by atoms with Crippen molar-refractivity contribution in [3.05, 3.63) is 60.0 Å². The molecular weight excluding hydrogens is 340 g/mol. The molecule has 0 aliphatic rings. The van der Waals surface area contributed by atoms with E-state index in [0.29, 0.717) is 31.6 Å². The van der Waals surface area contributed by atoms with Crippen LogP contribution in [0.4, 0.5) is 0 Å². The van der Waals surface area contributed by atoms with Gasteiger partial charge in [-0.3, -0.25) is 9.39 Å². The van der Waals surface area contributed by atoms with Gasteiger partial charge in [-0.15, -0.1) is 10.2 Å². The second kappa shape index (κ2) is 9.02. The molecule has 2 N–H and O–H groups in total. The maximum absolute atomic E-state index is 5.79. The van der Waals surface area contributed by atoms with E-state index in [9.17, 15) is 0 Å². The first kappa shape index (κ1) is 18.7. The third kappa shape index (κ3) is 5.20. The molecule has 7 nitrogen and oxygen atoms in total. The van der Waals surface area contributed by atoms with E-state index in [0.717, 1.165) is 22.8 Å². The molecule has 0 amide bonds. The number of hydrogen-bond acceptors (Lipinski definition) is 4. The van der Waals surface area contributed by atoms with Gasteiger partial charge in [0.25, 0.3) is 0 Å². The molecule has 27 heavy (non-hydrogen) atoms. The molecule has 0 aliphatic heterocycles. The number of ether oxygens (including phenoxy) is 1. The molecule has 3 rings (SSSR count). The van der Waals surface area contributed by atoms with Crippen LogP contribution in [0.1, 0.15) is 25.2 Å². The first-order valence-electron chi connectivity index (χ1n) is 9.10. The fraction of sp³-hybridized carbons (Fsp3) is 0.350. The number of aliphatic imine (C=N–C) groups is 1. The molecule has 2 aromatic heterocycles. The Kier molecular flexibility index (Phi) is 6.25. The van der Waals surface area contributed by atoms with Crippen molar-refractivity contribution >= 4 is 11.6 Å². The molecule has 0 saturated carbocycles. The van der Waals surface area contributed by atoms with Gasteiger partial charge >= 0.3 is 0 Å². The highest BCUT2D eigenvalue weighted by atomic mass is 16.5. The Hall–Kier alpha value is -3.09. The molecule has 0 fully saturated rings. The predicted molar refractivity (Wildman–Crippen MR) is 107 cm³/mol. The average molecular weight is 366 g/mol. The van der Waals surface area contributed by atoms with Crippen LogP contribution >= 0.6 is 0 Å². The van der Waals surface area contributed by atoms with E-state index in [1.165, 1.54) is 0 Å². The van der Waals surface area contributed by atoms with Gasteiger partial charge in [0.1, 0.15) is 5.75 Å². The molecule has 0 saturated heterocycles. The molecular formula is C20H26N6O. The van der Waals surface area contributed by atoms with Crippen LogP contribution in [0.2, 0.25) is 0 Å². The van der Waals surface area contributed by atoms with Gasteiger partial charge in [0.2, 0.25) is 0 Å². The zero-order chi connectivity index (χ0) is 19.1. The highest BCUT2D eigenvalue weighted by Gasteiger charge is 2.06. The van der Waals surface area contributed by atoms with Gasteiger partial charge in [-0.05, 0) is 35.7 Å². The van der Waals surface area contributed by atoms with Crippen LogP contribution in [0.15, 0.2) is 53.7 Å². The summed E-state index contributed by atoms with van der Waals surface area (Å²) < 4.78 is 7.74. The van der Waals surface area contributed by atoms with Crippen LogP contribution in [0.25, 0.3) is 5.65 Å². The molecule has 142 valence electrons. The van der Waals surface area contributed by atoms with E-state index in [2.05, 4.69) is 51.8 Å².